The Hall–Kier alpha value is -5.31. The molecule has 206 valence electrons. The van der Waals surface area contributed by atoms with E-state index in [0.717, 1.165) is 5.56 Å². The van der Waals surface area contributed by atoms with E-state index in [-0.39, 0.29) is 5.41 Å². The van der Waals surface area contributed by atoms with Crippen LogP contribution in [-0.2, 0) is 4.79 Å². The highest BCUT2D eigenvalue weighted by atomic mass is 16.2. The molecule has 0 spiro atoms. The summed E-state index contributed by atoms with van der Waals surface area (Å²) in [6, 6.07) is 16.9. The topological polar surface area (TPSA) is 179 Å². The van der Waals surface area contributed by atoms with Crippen molar-refractivity contribution in [1.29, 1.82) is 15.8 Å². The molecule has 1 fully saturated rings. The number of carbonyl (C=O) groups excluding carboxylic acids is 1. The Labute approximate surface area is 238 Å². The lowest BCUT2D eigenvalue weighted by Crippen LogP contribution is -2.51. The first-order valence-electron chi connectivity index (χ1n) is 13.2. The van der Waals surface area contributed by atoms with Gasteiger partial charge in [0.2, 0.25) is 5.91 Å². The summed E-state index contributed by atoms with van der Waals surface area (Å²) in [5.41, 5.74) is 15.4. The maximum atomic E-state index is 12.2. The molecule has 2 aliphatic rings. The molecule has 1 amide bonds. The second kappa shape index (κ2) is 10.3. The van der Waals surface area contributed by atoms with Crippen molar-refractivity contribution < 1.29 is 4.79 Å². The molecule has 2 heterocycles. The van der Waals surface area contributed by atoms with Crippen LogP contribution < -0.4 is 27.3 Å². The number of nitriles is 3. The number of fused-ring (bicyclic) bond motifs is 1. The van der Waals surface area contributed by atoms with E-state index < -0.39 is 17.5 Å². The van der Waals surface area contributed by atoms with Gasteiger partial charge in [0.05, 0.1) is 45.7 Å². The molecule has 6 N–H and O–H groups in total. The van der Waals surface area contributed by atoms with Crippen molar-refractivity contribution >= 4 is 28.2 Å². The number of anilines is 2. The molecule has 0 bridgehead atoms. The Morgan fingerprint density at radius 2 is 1.90 bits per heavy atom. The summed E-state index contributed by atoms with van der Waals surface area (Å²) in [6.07, 6.45) is 4.55. The van der Waals surface area contributed by atoms with Crippen LogP contribution in [0.15, 0.2) is 54.5 Å². The van der Waals surface area contributed by atoms with Crippen LogP contribution in [0.3, 0.4) is 0 Å². The first-order chi connectivity index (χ1) is 19.6. The Bertz CT molecular complexity index is 1700. The predicted octanol–water partition coefficient (Wildman–Crippen LogP) is 3.65. The first-order valence-corrected chi connectivity index (χ1v) is 13.2. The van der Waals surface area contributed by atoms with E-state index in [1.54, 1.807) is 35.5 Å². The fourth-order valence-electron chi connectivity index (χ4n) is 4.83. The summed E-state index contributed by atoms with van der Waals surface area (Å²) in [7, 11) is 0. The molecule has 2 aromatic carbocycles. The van der Waals surface area contributed by atoms with Crippen LogP contribution in [0.2, 0.25) is 0 Å². The minimum Gasteiger partial charge on any atom is -0.383 e. The van der Waals surface area contributed by atoms with Crippen LogP contribution >= 0.6 is 0 Å². The summed E-state index contributed by atoms with van der Waals surface area (Å²) < 4.78 is 0. The maximum absolute atomic E-state index is 12.2. The van der Waals surface area contributed by atoms with Crippen molar-refractivity contribution in [3.8, 4) is 18.2 Å². The Kier molecular flexibility index (Phi) is 6.88. The van der Waals surface area contributed by atoms with Gasteiger partial charge in [0.25, 0.3) is 0 Å². The van der Waals surface area contributed by atoms with E-state index in [1.807, 2.05) is 12.1 Å². The van der Waals surface area contributed by atoms with Crippen molar-refractivity contribution in [2.45, 2.75) is 45.2 Å². The number of primary amides is 1. The second-order valence-corrected chi connectivity index (χ2v) is 11.5. The van der Waals surface area contributed by atoms with E-state index in [4.69, 9.17) is 5.73 Å². The van der Waals surface area contributed by atoms with Gasteiger partial charge in [0.15, 0.2) is 0 Å². The number of nitrogens with two attached hydrogens (primary N) is 1. The molecule has 11 nitrogen and oxygen atoms in total. The number of rotatable bonds is 8. The Morgan fingerprint density at radius 1 is 1.15 bits per heavy atom. The van der Waals surface area contributed by atoms with Gasteiger partial charge in [-0.1, -0.05) is 32.9 Å². The number of hydrogen-bond donors (Lipinski definition) is 5. The fraction of sp³-hybridized carbons (Fsp3) is 0.300. The largest absolute Gasteiger partial charge is 0.383 e. The lowest BCUT2D eigenvalue weighted by molar-refractivity contribution is -0.124. The van der Waals surface area contributed by atoms with Crippen molar-refractivity contribution in [3.63, 3.8) is 0 Å². The van der Waals surface area contributed by atoms with Gasteiger partial charge < -0.3 is 21.8 Å². The van der Waals surface area contributed by atoms with Crippen LogP contribution in [0.1, 0.15) is 61.9 Å². The molecule has 1 saturated carbocycles. The van der Waals surface area contributed by atoms with E-state index in [1.165, 1.54) is 6.20 Å². The van der Waals surface area contributed by atoms with Crippen molar-refractivity contribution in [2.75, 3.05) is 17.2 Å². The van der Waals surface area contributed by atoms with E-state index in [2.05, 4.69) is 65.6 Å². The Balaban J connectivity index is 1.61. The second-order valence-electron chi connectivity index (χ2n) is 11.5. The number of pyridine rings is 1. The monoisotopic (exact) mass is 546 g/mol. The van der Waals surface area contributed by atoms with Crippen molar-refractivity contribution in [3.05, 3.63) is 76.7 Å². The van der Waals surface area contributed by atoms with Gasteiger partial charge in [0, 0.05) is 30.0 Å². The molecule has 1 aliphatic carbocycles. The number of hydrogen-bond acceptors (Lipinski definition) is 10. The molecular formula is C30H30N10O. The average Bonchev–Trinajstić information content (AvgIpc) is 3.64. The number of nitrogens with one attached hydrogen (secondary N) is 4. The minimum absolute atomic E-state index is 0.0591. The maximum Gasteiger partial charge on any atom is 0.244 e. The SMILES string of the molecule is CC(C)(C)CNc1c(C#N)cnc2c(C#N)cc(NC(C3=CN(C4(C(N)=O)CC4)NN3)c3cccc(C#N)c3)cc12. The third kappa shape index (κ3) is 5.29. The lowest BCUT2D eigenvalue weighted by atomic mass is 9.96. The quantitative estimate of drug-likeness (QED) is 0.280. The van der Waals surface area contributed by atoms with Gasteiger partial charge in [-0.25, -0.2) is 0 Å². The molecule has 0 saturated heterocycles. The third-order valence-electron chi connectivity index (χ3n) is 7.21. The molecule has 1 aliphatic heterocycles. The van der Waals surface area contributed by atoms with Gasteiger partial charge in [-0.2, -0.15) is 15.8 Å². The highest BCUT2D eigenvalue weighted by Gasteiger charge is 2.54. The number of carbonyl (C=O) groups is 1. The van der Waals surface area contributed by atoms with Crippen LogP contribution in [0, 0.1) is 39.4 Å². The zero-order valence-electron chi connectivity index (χ0n) is 23.0. The molecule has 0 radical (unpaired) electrons. The number of amides is 1. The molecule has 1 aromatic heterocycles. The molecule has 1 atom stereocenters. The van der Waals surface area contributed by atoms with Crippen LogP contribution in [0.25, 0.3) is 10.9 Å². The summed E-state index contributed by atoms with van der Waals surface area (Å²) in [4.78, 5) is 16.6. The van der Waals surface area contributed by atoms with E-state index in [0.29, 0.717) is 64.1 Å². The molecule has 11 heteroatoms. The highest BCUT2D eigenvalue weighted by Crippen LogP contribution is 2.42. The van der Waals surface area contributed by atoms with E-state index in [9.17, 15) is 20.6 Å². The van der Waals surface area contributed by atoms with Gasteiger partial charge >= 0.3 is 0 Å². The average molecular weight is 547 g/mol. The van der Waals surface area contributed by atoms with Crippen molar-refractivity contribution in [2.24, 2.45) is 11.1 Å². The van der Waals surface area contributed by atoms with Gasteiger partial charge in [-0.05, 0) is 48.1 Å². The molecule has 41 heavy (non-hydrogen) atoms. The predicted molar refractivity (Wildman–Crippen MR) is 154 cm³/mol. The van der Waals surface area contributed by atoms with Gasteiger partial charge in [-0.3, -0.25) is 14.8 Å². The number of hydrazine groups is 2. The molecule has 3 aromatic rings. The standard InChI is InChI=1S/C30H30N10O/c1-29(2,3)17-36-26-21(14-33)15-35-25-20(13-32)10-22(11-23(25)26)37-27(19-6-4-5-18(9-19)12-31)24-16-40(39-38-24)30(7-8-30)28(34)41/h4-6,9-11,15-16,27,37-39H,7-8,17H2,1-3H3,(H2,34,41)(H,35,36). The zero-order chi connectivity index (χ0) is 29.4. The number of nitrogens with zero attached hydrogens (tertiary/aromatic N) is 5. The number of benzene rings is 2. The third-order valence-corrected chi connectivity index (χ3v) is 7.21. The summed E-state index contributed by atoms with van der Waals surface area (Å²) in [5, 5.41) is 38.6. The Morgan fingerprint density at radius 3 is 2.54 bits per heavy atom. The lowest BCUT2D eigenvalue weighted by Gasteiger charge is -2.23. The van der Waals surface area contributed by atoms with Gasteiger partial charge in [0.1, 0.15) is 17.7 Å². The molecular weight excluding hydrogens is 516 g/mol. The fourth-order valence-corrected chi connectivity index (χ4v) is 4.83. The van der Waals surface area contributed by atoms with Crippen LogP contribution in [-0.4, -0.2) is 28.0 Å². The van der Waals surface area contributed by atoms with Gasteiger partial charge in [-0.15, -0.1) is 5.53 Å². The zero-order valence-corrected chi connectivity index (χ0v) is 23.0. The highest BCUT2D eigenvalue weighted by molar-refractivity contribution is 5.99. The summed E-state index contributed by atoms with van der Waals surface area (Å²) in [5.74, 6) is -0.412. The smallest absolute Gasteiger partial charge is 0.244 e. The normalized spacial score (nSPS) is 16.0. The number of aromatic nitrogens is 1. The molecule has 1 unspecified atom stereocenters. The molecule has 5 rings (SSSR count). The van der Waals surface area contributed by atoms with Crippen LogP contribution in [0.4, 0.5) is 11.4 Å². The van der Waals surface area contributed by atoms with E-state index >= 15 is 0 Å². The summed E-state index contributed by atoms with van der Waals surface area (Å²) in [6.45, 7) is 6.87. The first kappa shape index (κ1) is 27.3. The van der Waals surface area contributed by atoms with Crippen LogP contribution in [0.5, 0.6) is 0 Å². The summed E-state index contributed by atoms with van der Waals surface area (Å²) >= 11 is 0. The van der Waals surface area contributed by atoms with Crippen molar-refractivity contribution in [1.82, 2.24) is 21.0 Å². The minimum atomic E-state index is -0.794.